The van der Waals surface area contributed by atoms with Crippen molar-refractivity contribution >= 4 is 23.2 Å². The summed E-state index contributed by atoms with van der Waals surface area (Å²) < 4.78 is 1.91. The Labute approximate surface area is 198 Å². The van der Waals surface area contributed by atoms with E-state index < -0.39 is 5.43 Å². The number of carbonyl (C=O) groups excluding carboxylic acids is 2. The van der Waals surface area contributed by atoms with Crippen molar-refractivity contribution in [2.24, 2.45) is 0 Å². The van der Waals surface area contributed by atoms with Crippen LogP contribution < -0.4 is 10.7 Å². The van der Waals surface area contributed by atoms with Crippen LogP contribution in [-0.2, 0) is 6.54 Å². The highest BCUT2D eigenvalue weighted by Gasteiger charge is 2.30. The van der Waals surface area contributed by atoms with Gasteiger partial charge in [0.15, 0.2) is 0 Å². The van der Waals surface area contributed by atoms with Gasteiger partial charge in [0.1, 0.15) is 11.1 Å². The largest absolute Gasteiger partial charge is 0.349 e. The molecule has 33 heavy (non-hydrogen) atoms. The quantitative estimate of drug-likeness (QED) is 0.706. The minimum Gasteiger partial charge on any atom is -0.349 e. The number of amides is 2. The smallest absolute Gasteiger partial charge is 0.259 e. The van der Waals surface area contributed by atoms with Crippen molar-refractivity contribution in [3.05, 3.63) is 56.1 Å². The van der Waals surface area contributed by atoms with Crippen LogP contribution in [0.1, 0.15) is 76.6 Å². The molecular weight excluding hydrogens is 436 g/mol. The van der Waals surface area contributed by atoms with E-state index in [4.69, 9.17) is 0 Å². The third-order valence-corrected chi connectivity index (χ3v) is 7.91. The highest BCUT2D eigenvalue weighted by atomic mass is 32.1. The Morgan fingerprint density at radius 1 is 0.970 bits per heavy atom. The van der Waals surface area contributed by atoms with E-state index in [-0.39, 0.29) is 35.0 Å². The molecule has 3 fully saturated rings. The van der Waals surface area contributed by atoms with Crippen LogP contribution in [0, 0.1) is 0 Å². The van der Waals surface area contributed by atoms with Gasteiger partial charge < -0.3 is 14.8 Å². The van der Waals surface area contributed by atoms with Crippen LogP contribution in [0.25, 0.3) is 0 Å². The number of nitrogens with one attached hydrogen (secondary N) is 1. The van der Waals surface area contributed by atoms with Crippen LogP contribution in [0.15, 0.2) is 34.7 Å². The van der Waals surface area contributed by atoms with Gasteiger partial charge in [-0.05, 0) is 37.1 Å². The third kappa shape index (κ3) is 5.22. The summed E-state index contributed by atoms with van der Waals surface area (Å²) in [5, 5.41) is 5.13. The number of hydrogen-bond donors (Lipinski definition) is 1. The van der Waals surface area contributed by atoms with E-state index in [1.807, 2.05) is 4.57 Å². The molecule has 2 aromatic rings. The Balaban J connectivity index is 1.31. The molecule has 1 N–H and O–H groups in total. The lowest BCUT2D eigenvalue weighted by Gasteiger charge is -2.34. The Kier molecular flexibility index (Phi) is 6.64. The van der Waals surface area contributed by atoms with Crippen molar-refractivity contribution < 1.29 is 9.59 Å². The van der Waals surface area contributed by atoms with Crippen molar-refractivity contribution in [1.29, 1.82) is 0 Å². The zero-order valence-corrected chi connectivity index (χ0v) is 19.8. The van der Waals surface area contributed by atoms with E-state index in [1.54, 1.807) is 28.6 Å². The summed E-state index contributed by atoms with van der Waals surface area (Å²) in [5.74, 6) is -0.589. The molecule has 8 heteroatoms. The lowest BCUT2D eigenvalue weighted by Crippen LogP contribution is -2.49. The van der Waals surface area contributed by atoms with Crippen molar-refractivity contribution in [3.63, 3.8) is 0 Å². The molecule has 2 aliphatic carbocycles. The molecule has 0 radical (unpaired) electrons. The minimum absolute atomic E-state index is 0.106. The van der Waals surface area contributed by atoms with Gasteiger partial charge in [-0.15, -0.1) is 11.3 Å². The van der Waals surface area contributed by atoms with Gasteiger partial charge >= 0.3 is 0 Å². The lowest BCUT2D eigenvalue weighted by molar-refractivity contribution is 0.0627. The Hall–Kier alpha value is -2.45. The van der Waals surface area contributed by atoms with Crippen molar-refractivity contribution in [2.75, 3.05) is 26.2 Å². The molecule has 0 atom stereocenters. The van der Waals surface area contributed by atoms with Gasteiger partial charge in [-0.3, -0.25) is 19.3 Å². The van der Waals surface area contributed by atoms with E-state index >= 15 is 0 Å². The van der Waals surface area contributed by atoms with E-state index in [0.717, 1.165) is 58.2 Å². The average molecular weight is 469 g/mol. The first-order chi connectivity index (χ1) is 16.1. The minimum atomic E-state index is -0.439. The number of rotatable bonds is 6. The highest BCUT2D eigenvalue weighted by Crippen LogP contribution is 2.34. The van der Waals surface area contributed by atoms with E-state index in [1.165, 1.54) is 11.3 Å². The third-order valence-electron chi connectivity index (χ3n) is 7.05. The molecule has 1 aliphatic heterocycles. The molecule has 7 nitrogen and oxygen atoms in total. The standard InChI is InChI=1S/C25H32N4O3S/c30-23-21(24(31)26-18-5-2-1-3-6-18)16-29(19-8-9-19)17-22(23)25(32)28-12-10-27(11-13-28)15-20-7-4-14-33-20/h4,7,14,16-19H,1-3,5-6,8-13,15H2,(H,26,31). The molecule has 2 aromatic heterocycles. The summed E-state index contributed by atoms with van der Waals surface area (Å²) in [4.78, 5) is 45.1. The molecule has 2 saturated carbocycles. The number of carbonyl (C=O) groups is 2. The second-order valence-corrected chi connectivity index (χ2v) is 10.6. The van der Waals surface area contributed by atoms with E-state index in [2.05, 4.69) is 27.7 Å². The fraction of sp³-hybridized carbons (Fsp3) is 0.560. The molecule has 3 heterocycles. The van der Waals surface area contributed by atoms with Gasteiger partial charge in [0.05, 0.1) is 0 Å². The highest BCUT2D eigenvalue weighted by molar-refractivity contribution is 7.09. The molecule has 1 saturated heterocycles. The monoisotopic (exact) mass is 468 g/mol. The van der Waals surface area contributed by atoms with Gasteiger partial charge in [-0.25, -0.2) is 0 Å². The van der Waals surface area contributed by atoms with Gasteiger partial charge in [0, 0.05) is 62.1 Å². The first kappa shape index (κ1) is 22.3. The van der Waals surface area contributed by atoms with Gasteiger partial charge in [-0.1, -0.05) is 25.3 Å². The first-order valence-corrected chi connectivity index (χ1v) is 13.1. The summed E-state index contributed by atoms with van der Waals surface area (Å²) in [7, 11) is 0. The summed E-state index contributed by atoms with van der Waals surface area (Å²) in [6, 6.07) is 4.59. The second kappa shape index (κ2) is 9.81. The van der Waals surface area contributed by atoms with Crippen LogP contribution in [0.5, 0.6) is 0 Å². The van der Waals surface area contributed by atoms with Crippen LogP contribution >= 0.6 is 11.3 Å². The van der Waals surface area contributed by atoms with E-state index in [9.17, 15) is 14.4 Å². The SMILES string of the molecule is O=C(NC1CCCCC1)c1cn(C2CC2)cc(C(=O)N2CCN(Cc3cccs3)CC2)c1=O. The molecule has 5 rings (SSSR count). The molecule has 0 spiro atoms. The lowest BCUT2D eigenvalue weighted by atomic mass is 9.95. The first-order valence-electron chi connectivity index (χ1n) is 12.2. The molecule has 176 valence electrons. The van der Waals surface area contributed by atoms with Crippen molar-refractivity contribution in [3.8, 4) is 0 Å². The summed E-state index contributed by atoms with van der Waals surface area (Å²) in [6.07, 6.45) is 10.7. The van der Waals surface area contributed by atoms with Crippen LogP contribution in [-0.4, -0.2) is 58.4 Å². The van der Waals surface area contributed by atoms with Gasteiger partial charge in [0.25, 0.3) is 11.8 Å². The fourth-order valence-electron chi connectivity index (χ4n) is 4.91. The molecule has 0 aromatic carbocycles. The Morgan fingerprint density at radius 3 is 2.36 bits per heavy atom. The summed E-state index contributed by atoms with van der Waals surface area (Å²) in [6.45, 7) is 3.63. The summed E-state index contributed by atoms with van der Waals surface area (Å²) in [5.41, 5.74) is -0.203. The number of hydrogen-bond acceptors (Lipinski definition) is 5. The molecule has 0 unspecified atom stereocenters. The average Bonchev–Trinajstić information content (AvgIpc) is 3.56. The second-order valence-electron chi connectivity index (χ2n) is 9.55. The Morgan fingerprint density at radius 2 is 1.70 bits per heavy atom. The molecule has 3 aliphatic rings. The normalized spacial score (nSPS) is 20.1. The number of piperazine rings is 1. The molecule has 0 bridgehead atoms. The zero-order valence-electron chi connectivity index (χ0n) is 19.0. The predicted molar refractivity (Wildman–Crippen MR) is 129 cm³/mol. The summed E-state index contributed by atoms with van der Waals surface area (Å²) >= 11 is 1.75. The number of thiophene rings is 1. The maximum Gasteiger partial charge on any atom is 0.259 e. The van der Waals surface area contributed by atoms with Crippen molar-refractivity contribution in [1.82, 2.24) is 19.7 Å². The topological polar surface area (TPSA) is 74.7 Å². The zero-order chi connectivity index (χ0) is 22.8. The maximum absolute atomic E-state index is 13.4. The fourth-order valence-corrected chi connectivity index (χ4v) is 5.65. The van der Waals surface area contributed by atoms with Crippen LogP contribution in [0.3, 0.4) is 0 Å². The van der Waals surface area contributed by atoms with Crippen LogP contribution in [0.2, 0.25) is 0 Å². The van der Waals surface area contributed by atoms with Gasteiger partial charge in [-0.2, -0.15) is 0 Å². The van der Waals surface area contributed by atoms with Crippen molar-refractivity contribution in [2.45, 2.75) is 63.6 Å². The number of nitrogens with zero attached hydrogens (tertiary/aromatic N) is 3. The van der Waals surface area contributed by atoms with Gasteiger partial charge in [0.2, 0.25) is 5.43 Å². The molecule has 2 amide bonds. The maximum atomic E-state index is 13.4. The van der Waals surface area contributed by atoms with Crippen LogP contribution in [0.4, 0.5) is 0 Å². The Bertz CT molecular complexity index is 1050. The molecular formula is C25H32N4O3S. The van der Waals surface area contributed by atoms with E-state index in [0.29, 0.717) is 13.1 Å². The number of aromatic nitrogens is 1. The number of pyridine rings is 1. The predicted octanol–water partition coefficient (Wildman–Crippen LogP) is 3.27.